The molecule has 180 valence electrons. The monoisotopic (exact) mass is 475 g/mol. The summed E-state index contributed by atoms with van der Waals surface area (Å²) in [5, 5.41) is 0.301. The number of hydrogen-bond donors (Lipinski definition) is 0. The van der Waals surface area contributed by atoms with Gasteiger partial charge in [-0.25, -0.2) is 0 Å². The van der Waals surface area contributed by atoms with Gasteiger partial charge in [-0.3, -0.25) is 19.4 Å². The van der Waals surface area contributed by atoms with Crippen LogP contribution < -0.4 is 5.43 Å². The Morgan fingerprint density at radius 1 is 0.971 bits per heavy atom. The number of esters is 2. The Morgan fingerprint density at radius 2 is 1.66 bits per heavy atom. The molecule has 0 amide bonds. The molecule has 0 bridgehead atoms. The standard InChI is InChI=1S/C27H25NO7/c1-14-23(30)18-12-8-11-17(25(18)35-24(14)16-9-6-5-7-10-16)21-20(26(31)33-3)15(2)28-19(13-29)22(21)27(32)34-4/h5-13,19-22H,1-4H3. The number of ether oxygens (including phenoxy) is 2. The van der Waals surface area contributed by atoms with Gasteiger partial charge in [0.2, 0.25) is 0 Å². The van der Waals surface area contributed by atoms with Crippen molar-refractivity contribution in [2.45, 2.75) is 25.8 Å². The number of aliphatic imine (C=N–C) groups is 1. The van der Waals surface area contributed by atoms with Crippen LogP contribution in [0.2, 0.25) is 0 Å². The molecule has 8 heteroatoms. The number of para-hydroxylation sites is 1. The lowest BCUT2D eigenvalue weighted by Gasteiger charge is -2.37. The van der Waals surface area contributed by atoms with Crippen molar-refractivity contribution in [1.29, 1.82) is 0 Å². The zero-order chi connectivity index (χ0) is 25.3. The van der Waals surface area contributed by atoms with E-state index in [1.54, 1.807) is 32.0 Å². The van der Waals surface area contributed by atoms with Crippen molar-refractivity contribution < 1.29 is 28.3 Å². The zero-order valence-corrected chi connectivity index (χ0v) is 19.8. The normalized spacial score (nSPS) is 21.8. The summed E-state index contributed by atoms with van der Waals surface area (Å²) in [7, 11) is 2.45. The molecule has 4 unspecified atom stereocenters. The first-order chi connectivity index (χ1) is 16.8. The third-order valence-corrected chi connectivity index (χ3v) is 6.56. The van der Waals surface area contributed by atoms with E-state index in [1.165, 1.54) is 14.2 Å². The minimum Gasteiger partial charge on any atom is -0.469 e. The van der Waals surface area contributed by atoms with Gasteiger partial charge in [0, 0.05) is 28.3 Å². The lowest BCUT2D eigenvalue weighted by Crippen LogP contribution is -2.46. The highest BCUT2D eigenvalue weighted by Gasteiger charge is 2.49. The van der Waals surface area contributed by atoms with Gasteiger partial charge in [-0.2, -0.15) is 0 Å². The summed E-state index contributed by atoms with van der Waals surface area (Å²) in [6.45, 7) is 3.30. The van der Waals surface area contributed by atoms with Crippen LogP contribution in [0.5, 0.6) is 0 Å². The summed E-state index contributed by atoms with van der Waals surface area (Å²) in [5.74, 6) is -3.97. The van der Waals surface area contributed by atoms with Gasteiger partial charge in [-0.15, -0.1) is 0 Å². The molecule has 0 saturated carbocycles. The van der Waals surface area contributed by atoms with Crippen LogP contribution in [0.15, 0.2) is 62.7 Å². The van der Waals surface area contributed by atoms with Crippen molar-refractivity contribution in [3.63, 3.8) is 0 Å². The molecule has 1 aromatic heterocycles. The molecular formula is C27H25NO7. The number of rotatable bonds is 5. The molecule has 35 heavy (non-hydrogen) atoms. The quantitative estimate of drug-likeness (QED) is 0.410. The Labute approximate surface area is 201 Å². The molecule has 1 aliphatic rings. The molecule has 0 N–H and O–H groups in total. The predicted molar refractivity (Wildman–Crippen MR) is 129 cm³/mol. The highest BCUT2D eigenvalue weighted by Crippen LogP contribution is 2.43. The summed E-state index contributed by atoms with van der Waals surface area (Å²) in [6.07, 6.45) is 0.562. The number of benzene rings is 2. The van der Waals surface area contributed by atoms with E-state index in [2.05, 4.69) is 4.99 Å². The molecule has 0 spiro atoms. The van der Waals surface area contributed by atoms with Crippen LogP contribution in [-0.4, -0.2) is 44.2 Å². The highest BCUT2D eigenvalue weighted by atomic mass is 16.5. The minimum absolute atomic E-state index is 0.231. The van der Waals surface area contributed by atoms with Crippen LogP contribution in [0, 0.1) is 18.8 Å². The van der Waals surface area contributed by atoms with E-state index in [0.717, 1.165) is 0 Å². The second-order valence-electron chi connectivity index (χ2n) is 8.45. The Hall–Kier alpha value is -4.07. The number of methoxy groups -OCH3 is 2. The first-order valence-electron chi connectivity index (χ1n) is 11.1. The molecule has 0 saturated heterocycles. The fourth-order valence-electron chi connectivity index (χ4n) is 4.89. The summed E-state index contributed by atoms with van der Waals surface area (Å²) in [5.41, 5.74) is 1.90. The topological polar surface area (TPSA) is 112 Å². The molecule has 2 heterocycles. The number of aldehydes is 1. The Morgan fingerprint density at radius 3 is 2.29 bits per heavy atom. The molecule has 3 aromatic rings. The number of fused-ring (bicyclic) bond motifs is 1. The number of hydrogen-bond acceptors (Lipinski definition) is 8. The maximum atomic E-state index is 13.4. The van der Waals surface area contributed by atoms with Gasteiger partial charge in [0.15, 0.2) is 5.43 Å². The highest BCUT2D eigenvalue weighted by molar-refractivity contribution is 6.05. The van der Waals surface area contributed by atoms with Gasteiger partial charge >= 0.3 is 11.9 Å². The van der Waals surface area contributed by atoms with Crippen LogP contribution in [0.1, 0.15) is 24.0 Å². The summed E-state index contributed by atoms with van der Waals surface area (Å²) in [4.78, 5) is 55.5. The van der Waals surface area contributed by atoms with Crippen LogP contribution in [0.25, 0.3) is 22.3 Å². The van der Waals surface area contributed by atoms with Crippen molar-refractivity contribution in [3.05, 3.63) is 69.9 Å². The average Bonchev–Trinajstić information content (AvgIpc) is 2.89. The average molecular weight is 475 g/mol. The van der Waals surface area contributed by atoms with E-state index >= 15 is 0 Å². The lowest BCUT2D eigenvalue weighted by atomic mass is 9.69. The maximum Gasteiger partial charge on any atom is 0.315 e. The van der Waals surface area contributed by atoms with Crippen LogP contribution in [0.3, 0.4) is 0 Å². The minimum atomic E-state index is -1.12. The van der Waals surface area contributed by atoms with E-state index in [9.17, 15) is 19.2 Å². The van der Waals surface area contributed by atoms with Gasteiger partial charge in [-0.05, 0) is 19.9 Å². The van der Waals surface area contributed by atoms with Crippen molar-refractivity contribution >= 4 is 34.9 Å². The molecule has 0 radical (unpaired) electrons. The molecule has 1 aliphatic heterocycles. The fraction of sp³-hybridized carbons (Fsp3) is 0.296. The van der Waals surface area contributed by atoms with Crippen molar-refractivity contribution in [3.8, 4) is 11.3 Å². The molecular weight excluding hydrogens is 450 g/mol. The van der Waals surface area contributed by atoms with Crippen molar-refractivity contribution in [2.24, 2.45) is 16.8 Å². The van der Waals surface area contributed by atoms with E-state index in [4.69, 9.17) is 13.9 Å². The van der Waals surface area contributed by atoms with Gasteiger partial charge in [-0.1, -0.05) is 42.5 Å². The summed E-state index contributed by atoms with van der Waals surface area (Å²) < 4.78 is 16.4. The molecule has 0 aliphatic carbocycles. The van der Waals surface area contributed by atoms with E-state index in [-0.39, 0.29) is 11.0 Å². The fourth-order valence-corrected chi connectivity index (χ4v) is 4.89. The van der Waals surface area contributed by atoms with Crippen molar-refractivity contribution in [1.82, 2.24) is 0 Å². The Balaban J connectivity index is 2.07. The van der Waals surface area contributed by atoms with E-state index in [1.807, 2.05) is 30.3 Å². The summed E-state index contributed by atoms with van der Waals surface area (Å²) >= 11 is 0. The summed E-state index contributed by atoms with van der Waals surface area (Å²) in [6, 6.07) is 13.1. The van der Waals surface area contributed by atoms with Gasteiger partial charge < -0.3 is 18.7 Å². The SMILES string of the molecule is COC(=O)C1C(C)=NC(C=O)C(C(=O)OC)C1c1cccc2c(=O)c(C)c(-c3ccccc3)oc12. The number of nitrogens with zero attached hydrogens (tertiary/aromatic N) is 1. The molecule has 8 nitrogen and oxygen atoms in total. The third-order valence-electron chi connectivity index (χ3n) is 6.56. The Kier molecular flexibility index (Phi) is 6.64. The predicted octanol–water partition coefficient (Wildman–Crippen LogP) is 3.47. The molecule has 0 fully saturated rings. The molecule has 2 aromatic carbocycles. The first kappa shape index (κ1) is 24.1. The van der Waals surface area contributed by atoms with E-state index < -0.39 is 35.7 Å². The zero-order valence-electron chi connectivity index (χ0n) is 19.8. The lowest BCUT2D eigenvalue weighted by molar-refractivity contribution is -0.151. The van der Waals surface area contributed by atoms with E-state index in [0.29, 0.717) is 39.8 Å². The molecule has 4 atom stereocenters. The largest absolute Gasteiger partial charge is 0.469 e. The maximum absolute atomic E-state index is 13.4. The second-order valence-corrected chi connectivity index (χ2v) is 8.45. The number of carbonyl (C=O) groups is 3. The van der Waals surface area contributed by atoms with Gasteiger partial charge in [0.05, 0.1) is 25.5 Å². The second kappa shape index (κ2) is 9.66. The number of carbonyl (C=O) groups excluding carboxylic acids is 3. The first-order valence-corrected chi connectivity index (χ1v) is 11.1. The van der Waals surface area contributed by atoms with Crippen molar-refractivity contribution in [2.75, 3.05) is 14.2 Å². The van der Waals surface area contributed by atoms with Gasteiger partial charge in [0.1, 0.15) is 29.6 Å². The third kappa shape index (κ3) is 4.05. The van der Waals surface area contributed by atoms with Gasteiger partial charge in [0.25, 0.3) is 0 Å². The van der Waals surface area contributed by atoms with Crippen LogP contribution in [-0.2, 0) is 23.9 Å². The molecule has 4 rings (SSSR count). The van der Waals surface area contributed by atoms with Crippen LogP contribution in [0.4, 0.5) is 0 Å². The smallest absolute Gasteiger partial charge is 0.315 e. The van der Waals surface area contributed by atoms with Crippen LogP contribution >= 0.6 is 0 Å². The Bertz CT molecular complexity index is 1390.